The van der Waals surface area contributed by atoms with Crippen molar-refractivity contribution < 1.29 is 0 Å². The highest BCUT2D eigenvalue weighted by Crippen LogP contribution is 2.00. The van der Waals surface area contributed by atoms with Gasteiger partial charge in [-0.15, -0.1) is 0 Å². The van der Waals surface area contributed by atoms with E-state index in [4.69, 9.17) is 5.73 Å². The van der Waals surface area contributed by atoms with E-state index in [1.54, 1.807) is 11.8 Å². The third kappa shape index (κ3) is 1.16. The van der Waals surface area contributed by atoms with Crippen LogP contribution in [0.25, 0.3) is 0 Å². The molecule has 10 heavy (non-hydrogen) atoms. The predicted molar refractivity (Wildman–Crippen MR) is 38.3 cm³/mol. The maximum atomic E-state index is 5.42. The van der Waals surface area contributed by atoms with Gasteiger partial charge in [0, 0.05) is 13.6 Å². The SMILES string of the molecule is CCc1nn(C)nc1CN. The molecule has 0 unspecified atom stereocenters. The van der Waals surface area contributed by atoms with E-state index in [0.29, 0.717) is 6.54 Å². The van der Waals surface area contributed by atoms with Crippen molar-refractivity contribution >= 4 is 0 Å². The summed E-state index contributed by atoms with van der Waals surface area (Å²) in [6.07, 6.45) is 0.903. The minimum absolute atomic E-state index is 0.483. The van der Waals surface area contributed by atoms with Crippen LogP contribution in [-0.2, 0) is 20.0 Å². The fraction of sp³-hybridized carbons (Fsp3) is 0.667. The Morgan fingerprint density at radius 1 is 1.40 bits per heavy atom. The van der Waals surface area contributed by atoms with Gasteiger partial charge in [-0.2, -0.15) is 15.0 Å². The molecule has 56 valence electrons. The van der Waals surface area contributed by atoms with E-state index in [1.165, 1.54) is 0 Å². The second-order valence-corrected chi connectivity index (χ2v) is 2.14. The van der Waals surface area contributed by atoms with Crippen molar-refractivity contribution in [1.82, 2.24) is 15.0 Å². The Morgan fingerprint density at radius 2 is 2.00 bits per heavy atom. The summed E-state index contributed by atoms with van der Waals surface area (Å²) in [6.45, 7) is 2.53. The van der Waals surface area contributed by atoms with Gasteiger partial charge < -0.3 is 5.73 Å². The number of rotatable bonds is 2. The molecule has 2 N–H and O–H groups in total. The van der Waals surface area contributed by atoms with Crippen molar-refractivity contribution in [3.05, 3.63) is 11.4 Å². The van der Waals surface area contributed by atoms with Crippen molar-refractivity contribution in [2.24, 2.45) is 12.8 Å². The molecular weight excluding hydrogens is 128 g/mol. The molecule has 0 aliphatic rings. The molecule has 4 nitrogen and oxygen atoms in total. The summed E-state index contributed by atoms with van der Waals surface area (Å²) in [6, 6.07) is 0. The van der Waals surface area contributed by atoms with Crippen molar-refractivity contribution in [3.63, 3.8) is 0 Å². The van der Waals surface area contributed by atoms with Crippen LogP contribution < -0.4 is 5.73 Å². The Hall–Kier alpha value is -0.900. The van der Waals surface area contributed by atoms with Gasteiger partial charge in [-0.25, -0.2) is 0 Å². The molecule has 0 saturated carbocycles. The molecule has 0 radical (unpaired) electrons. The maximum absolute atomic E-state index is 5.42. The van der Waals surface area contributed by atoms with Gasteiger partial charge in [0.25, 0.3) is 0 Å². The van der Waals surface area contributed by atoms with Crippen LogP contribution >= 0.6 is 0 Å². The summed E-state index contributed by atoms with van der Waals surface area (Å²) in [5.74, 6) is 0. The fourth-order valence-electron chi connectivity index (χ4n) is 0.921. The van der Waals surface area contributed by atoms with Crippen LogP contribution in [0.5, 0.6) is 0 Å². The highest BCUT2D eigenvalue weighted by molar-refractivity contribution is 5.07. The molecular formula is C6H12N4. The highest BCUT2D eigenvalue weighted by Gasteiger charge is 2.03. The molecule has 1 aromatic rings. The van der Waals surface area contributed by atoms with Crippen molar-refractivity contribution in [3.8, 4) is 0 Å². The first-order valence-corrected chi connectivity index (χ1v) is 3.37. The number of aryl methyl sites for hydroxylation is 2. The van der Waals surface area contributed by atoms with E-state index >= 15 is 0 Å². The van der Waals surface area contributed by atoms with Crippen LogP contribution in [-0.4, -0.2) is 15.0 Å². The second kappa shape index (κ2) is 2.79. The zero-order chi connectivity index (χ0) is 7.56. The van der Waals surface area contributed by atoms with Gasteiger partial charge in [0.1, 0.15) is 0 Å². The summed E-state index contributed by atoms with van der Waals surface area (Å²) >= 11 is 0. The van der Waals surface area contributed by atoms with Crippen LogP contribution in [0.15, 0.2) is 0 Å². The van der Waals surface area contributed by atoms with Gasteiger partial charge in [-0.3, -0.25) is 0 Å². The lowest BCUT2D eigenvalue weighted by Crippen LogP contribution is -2.00. The summed E-state index contributed by atoms with van der Waals surface area (Å²) in [7, 11) is 1.80. The van der Waals surface area contributed by atoms with E-state index < -0.39 is 0 Å². The molecule has 0 spiro atoms. The molecule has 0 saturated heterocycles. The van der Waals surface area contributed by atoms with Crippen molar-refractivity contribution in [2.75, 3.05) is 0 Å². The summed E-state index contributed by atoms with van der Waals surface area (Å²) in [5.41, 5.74) is 7.34. The van der Waals surface area contributed by atoms with Crippen LogP contribution in [0.1, 0.15) is 18.3 Å². The minimum Gasteiger partial charge on any atom is -0.325 e. The zero-order valence-electron chi connectivity index (χ0n) is 6.33. The Kier molecular flexibility index (Phi) is 2.01. The molecule has 4 heteroatoms. The molecule has 0 amide bonds. The smallest absolute Gasteiger partial charge is 0.0994 e. The number of hydrogen-bond donors (Lipinski definition) is 1. The lowest BCUT2D eigenvalue weighted by Gasteiger charge is -1.88. The highest BCUT2D eigenvalue weighted by atomic mass is 15.5. The number of aromatic nitrogens is 3. The normalized spacial score (nSPS) is 10.3. The van der Waals surface area contributed by atoms with Gasteiger partial charge in [0.2, 0.25) is 0 Å². The van der Waals surface area contributed by atoms with E-state index in [0.717, 1.165) is 17.8 Å². The van der Waals surface area contributed by atoms with Crippen molar-refractivity contribution in [1.29, 1.82) is 0 Å². The molecule has 1 rings (SSSR count). The Morgan fingerprint density at radius 3 is 2.40 bits per heavy atom. The second-order valence-electron chi connectivity index (χ2n) is 2.14. The lowest BCUT2D eigenvalue weighted by atomic mass is 10.3. The Labute approximate surface area is 60.0 Å². The maximum Gasteiger partial charge on any atom is 0.0994 e. The molecule has 0 aliphatic carbocycles. The van der Waals surface area contributed by atoms with Crippen molar-refractivity contribution in [2.45, 2.75) is 19.9 Å². The first kappa shape index (κ1) is 7.21. The number of nitrogens with two attached hydrogens (primary N) is 1. The van der Waals surface area contributed by atoms with Gasteiger partial charge >= 0.3 is 0 Å². The third-order valence-corrected chi connectivity index (χ3v) is 1.39. The van der Waals surface area contributed by atoms with Crippen LogP contribution in [0.4, 0.5) is 0 Å². The molecule has 1 heterocycles. The first-order chi connectivity index (χ1) is 4.77. The Balaban J connectivity index is 2.96. The van der Waals surface area contributed by atoms with E-state index in [1.807, 2.05) is 6.92 Å². The average Bonchev–Trinajstić information content (AvgIpc) is 2.30. The largest absolute Gasteiger partial charge is 0.325 e. The van der Waals surface area contributed by atoms with Gasteiger partial charge in [0.05, 0.1) is 11.4 Å². The topological polar surface area (TPSA) is 56.7 Å². The molecule has 0 bridgehead atoms. The van der Waals surface area contributed by atoms with E-state index in [2.05, 4.69) is 10.2 Å². The first-order valence-electron chi connectivity index (χ1n) is 3.37. The molecule has 0 aliphatic heterocycles. The van der Waals surface area contributed by atoms with Crippen LogP contribution in [0, 0.1) is 0 Å². The van der Waals surface area contributed by atoms with Crippen LogP contribution in [0.3, 0.4) is 0 Å². The summed E-state index contributed by atoms with van der Waals surface area (Å²) in [4.78, 5) is 1.56. The molecule has 0 fully saturated rings. The minimum atomic E-state index is 0.483. The summed E-state index contributed by atoms with van der Waals surface area (Å²) in [5, 5.41) is 8.21. The number of hydrogen-bond acceptors (Lipinski definition) is 3. The quantitative estimate of drug-likeness (QED) is 0.620. The zero-order valence-corrected chi connectivity index (χ0v) is 6.33. The van der Waals surface area contributed by atoms with Gasteiger partial charge in [-0.05, 0) is 6.42 Å². The lowest BCUT2D eigenvalue weighted by molar-refractivity contribution is 0.639. The standard InChI is InChI=1S/C6H12N4/c1-3-5-6(4-7)9-10(2)8-5/h3-4,7H2,1-2H3. The average molecular weight is 140 g/mol. The summed E-state index contributed by atoms with van der Waals surface area (Å²) < 4.78 is 0. The third-order valence-electron chi connectivity index (χ3n) is 1.39. The van der Waals surface area contributed by atoms with Crippen LogP contribution in [0.2, 0.25) is 0 Å². The monoisotopic (exact) mass is 140 g/mol. The molecule has 1 aromatic heterocycles. The number of nitrogens with zero attached hydrogens (tertiary/aromatic N) is 3. The van der Waals surface area contributed by atoms with Gasteiger partial charge in [0.15, 0.2) is 0 Å². The van der Waals surface area contributed by atoms with E-state index in [-0.39, 0.29) is 0 Å². The molecule has 0 atom stereocenters. The van der Waals surface area contributed by atoms with Gasteiger partial charge in [-0.1, -0.05) is 6.92 Å². The molecule has 0 aromatic carbocycles. The predicted octanol–water partition coefficient (Wildman–Crippen LogP) is -0.164. The van der Waals surface area contributed by atoms with E-state index in [9.17, 15) is 0 Å². The fourth-order valence-corrected chi connectivity index (χ4v) is 0.921. The Bertz CT molecular complexity index is 194.